The zero-order valence-electron chi connectivity index (χ0n) is 7.80. The highest BCUT2D eigenvalue weighted by Crippen LogP contribution is 2.39. The molecular formula is C9H5F7. The minimum Gasteiger partial charge on any atom is -0.207 e. The quantitative estimate of drug-likeness (QED) is 0.602. The number of benzene rings is 1. The monoisotopic (exact) mass is 246 g/mol. The van der Waals surface area contributed by atoms with Gasteiger partial charge in [-0.2, -0.15) is 26.3 Å². The van der Waals surface area contributed by atoms with Gasteiger partial charge in [-0.15, -0.1) is 0 Å². The average molecular weight is 246 g/mol. The van der Waals surface area contributed by atoms with Crippen LogP contribution in [0.15, 0.2) is 12.1 Å². The first-order chi connectivity index (χ1) is 7.03. The number of hydrogen-bond donors (Lipinski definition) is 0. The summed E-state index contributed by atoms with van der Waals surface area (Å²) < 4.78 is 86.2. The van der Waals surface area contributed by atoms with Crippen LogP contribution < -0.4 is 0 Å². The first-order valence-electron chi connectivity index (χ1n) is 3.98. The molecule has 0 amide bonds. The third-order valence-corrected chi connectivity index (χ3v) is 1.98. The first kappa shape index (κ1) is 12.8. The van der Waals surface area contributed by atoms with E-state index in [1.54, 1.807) is 0 Å². The van der Waals surface area contributed by atoms with Crippen LogP contribution in [0.25, 0.3) is 0 Å². The second kappa shape index (κ2) is 3.64. The van der Waals surface area contributed by atoms with Gasteiger partial charge in [0.15, 0.2) is 0 Å². The Kier molecular flexibility index (Phi) is 2.91. The average Bonchev–Trinajstić information content (AvgIpc) is 2.04. The van der Waals surface area contributed by atoms with Crippen LogP contribution >= 0.6 is 0 Å². The summed E-state index contributed by atoms with van der Waals surface area (Å²) in [5.74, 6) is -1.56. The Morgan fingerprint density at radius 1 is 0.812 bits per heavy atom. The Morgan fingerprint density at radius 2 is 1.12 bits per heavy atom. The molecule has 0 radical (unpaired) electrons. The lowest BCUT2D eigenvalue weighted by Gasteiger charge is -2.16. The van der Waals surface area contributed by atoms with Gasteiger partial charge in [0.2, 0.25) is 0 Å². The SMILES string of the molecule is Cc1c(C(F)(F)F)cc(F)cc1C(F)(F)F. The Balaban J connectivity index is 3.51. The van der Waals surface area contributed by atoms with E-state index in [-0.39, 0.29) is 12.1 Å². The van der Waals surface area contributed by atoms with Gasteiger partial charge in [-0.25, -0.2) is 4.39 Å². The van der Waals surface area contributed by atoms with Gasteiger partial charge < -0.3 is 0 Å². The topological polar surface area (TPSA) is 0 Å². The van der Waals surface area contributed by atoms with Gasteiger partial charge in [0.25, 0.3) is 0 Å². The van der Waals surface area contributed by atoms with Crippen molar-refractivity contribution in [3.8, 4) is 0 Å². The van der Waals surface area contributed by atoms with E-state index in [0.717, 1.165) is 0 Å². The van der Waals surface area contributed by atoms with Crippen molar-refractivity contribution in [2.75, 3.05) is 0 Å². The van der Waals surface area contributed by atoms with Crippen molar-refractivity contribution in [3.05, 3.63) is 34.6 Å². The summed E-state index contributed by atoms with van der Waals surface area (Å²) in [5.41, 5.74) is -4.25. The van der Waals surface area contributed by atoms with E-state index < -0.39 is 34.9 Å². The predicted octanol–water partition coefficient (Wildman–Crippen LogP) is 4.17. The van der Waals surface area contributed by atoms with Crippen LogP contribution in [0.5, 0.6) is 0 Å². The van der Waals surface area contributed by atoms with Crippen molar-refractivity contribution >= 4 is 0 Å². The fourth-order valence-electron chi connectivity index (χ4n) is 1.27. The van der Waals surface area contributed by atoms with Crippen LogP contribution in [-0.4, -0.2) is 0 Å². The molecule has 0 N–H and O–H groups in total. The molecule has 90 valence electrons. The van der Waals surface area contributed by atoms with Gasteiger partial charge in [0.05, 0.1) is 11.1 Å². The van der Waals surface area contributed by atoms with Crippen molar-refractivity contribution < 1.29 is 30.7 Å². The molecule has 0 saturated heterocycles. The second-order valence-corrected chi connectivity index (χ2v) is 3.12. The summed E-state index contributed by atoms with van der Waals surface area (Å²) in [5, 5.41) is 0. The molecule has 0 aliphatic heterocycles. The molecule has 0 atom stereocenters. The lowest BCUT2D eigenvalue weighted by Crippen LogP contribution is -2.15. The number of hydrogen-bond acceptors (Lipinski definition) is 0. The maximum absolute atomic E-state index is 12.7. The highest BCUT2D eigenvalue weighted by atomic mass is 19.4. The van der Waals surface area contributed by atoms with Crippen LogP contribution in [0, 0.1) is 12.7 Å². The van der Waals surface area contributed by atoms with Gasteiger partial charge in [-0.05, 0) is 24.6 Å². The molecule has 0 bridgehead atoms. The van der Waals surface area contributed by atoms with Crippen molar-refractivity contribution in [2.45, 2.75) is 19.3 Å². The molecule has 0 saturated carbocycles. The van der Waals surface area contributed by atoms with E-state index >= 15 is 0 Å². The lowest BCUT2D eigenvalue weighted by molar-refractivity contribution is -0.144. The zero-order chi connectivity index (χ0) is 12.7. The van der Waals surface area contributed by atoms with Crippen LogP contribution in [0.2, 0.25) is 0 Å². The van der Waals surface area contributed by atoms with Crippen LogP contribution in [0.3, 0.4) is 0 Å². The molecule has 0 aromatic heterocycles. The number of rotatable bonds is 0. The normalized spacial score (nSPS) is 13.0. The van der Waals surface area contributed by atoms with Gasteiger partial charge in [0.1, 0.15) is 5.82 Å². The lowest BCUT2D eigenvalue weighted by atomic mass is 10.0. The third-order valence-electron chi connectivity index (χ3n) is 1.98. The van der Waals surface area contributed by atoms with E-state index in [0.29, 0.717) is 6.92 Å². The molecule has 0 nitrogen and oxygen atoms in total. The smallest absolute Gasteiger partial charge is 0.207 e. The summed E-state index contributed by atoms with van der Waals surface area (Å²) in [7, 11) is 0. The molecular weight excluding hydrogens is 241 g/mol. The van der Waals surface area contributed by atoms with Crippen molar-refractivity contribution in [1.82, 2.24) is 0 Å². The van der Waals surface area contributed by atoms with Crippen molar-refractivity contribution in [2.24, 2.45) is 0 Å². The molecule has 0 aliphatic carbocycles. The minimum atomic E-state index is -5.01. The Hall–Kier alpha value is -1.27. The van der Waals surface area contributed by atoms with E-state index in [4.69, 9.17) is 0 Å². The highest BCUT2D eigenvalue weighted by molar-refractivity contribution is 5.38. The van der Waals surface area contributed by atoms with Crippen LogP contribution in [0.4, 0.5) is 30.7 Å². The summed E-state index contributed by atoms with van der Waals surface area (Å²) >= 11 is 0. The molecule has 16 heavy (non-hydrogen) atoms. The Bertz CT molecular complexity index is 364. The fourth-order valence-corrected chi connectivity index (χ4v) is 1.27. The first-order valence-corrected chi connectivity index (χ1v) is 3.98. The number of halogens is 7. The molecule has 0 spiro atoms. The van der Waals surface area contributed by atoms with Gasteiger partial charge >= 0.3 is 12.4 Å². The molecule has 7 heteroatoms. The molecule has 0 fully saturated rings. The predicted molar refractivity (Wildman–Crippen MR) is 41.1 cm³/mol. The fraction of sp³-hybridized carbons (Fsp3) is 0.333. The maximum Gasteiger partial charge on any atom is 0.416 e. The van der Waals surface area contributed by atoms with E-state index in [1.165, 1.54) is 0 Å². The summed E-state index contributed by atoms with van der Waals surface area (Å²) in [6.07, 6.45) is -10.0. The third kappa shape index (κ3) is 2.45. The molecule has 0 aliphatic rings. The molecule has 1 aromatic rings. The standard InChI is InChI=1S/C9H5F7/c1-4-6(8(11,12)13)2-5(10)3-7(4)9(14,15)16/h2-3H,1H3. The zero-order valence-corrected chi connectivity index (χ0v) is 7.80. The van der Waals surface area contributed by atoms with E-state index in [1.807, 2.05) is 0 Å². The van der Waals surface area contributed by atoms with Gasteiger partial charge in [-0.1, -0.05) is 0 Å². The number of alkyl halides is 6. The van der Waals surface area contributed by atoms with Gasteiger partial charge in [-0.3, -0.25) is 0 Å². The van der Waals surface area contributed by atoms with Gasteiger partial charge in [0, 0.05) is 0 Å². The molecule has 1 aromatic carbocycles. The molecule has 0 heterocycles. The Labute approximate surface area is 85.7 Å². The largest absolute Gasteiger partial charge is 0.416 e. The van der Waals surface area contributed by atoms with Crippen molar-refractivity contribution in [3.63, 3.8) is 0 Å². The van der Waals surface area contributed by atoms with Crippen molar-refractivity contribution in [1.29, 1.82) is 0 Å². The molecule has 1 rings (SSSR count). The Morgan fingerprint density at radius 3 is 1.38 bits per heavy atom. The summed E-state index contributed by atoms with van der Waals surface area (Å²) in [6.45, 7) is 0.658. The minimum absolute atomic E-state index is 0.0462. The summed E-state index contributed by atoms with van der Waals surface area (Å²) in [4.78, 5) is 0. The summed E-state index contributed by atoms with van der Waals surface area (Å²) in [6, 6.07) is 0.0924. The van der Waals surface area contributed by atoms with Crippen LogP contribution in [0.1, 0.15) is 16.7 Å². The van der Waals surface area contributed by atoms with E-state index in [2.05, 4.69) is 0 Å². The highest BCUT2D eigenvalue weighted by Gasteiger charge is 2.39. The van der Waals surface area contributed by atoms with Crippen LogP contribution in [-0.2, 0) is 12.4 Å². The maximum atomic E-state index is 12.7. The van der Waals surface area contributed by atoms with E-state index in [9.17, 15) is 30.7 Å². The molecule has 0 unspecified atom stereocenters. The second-order valence-electron chi connectivity index (χ2n) is 3.12.